The van der Waals surface area contributed by atoms with Gasteiger partial charge in [-0.2, -0.15) is 0 Å². The van der Waals surface area contributed by atoms with Crippen molar-refractivity contribution in [2.45, 2.75) is 31.3 Å². The molecule has 1 aliphatic carbocycles. The summed E-state index contributed by atoms with van der Waals surface area (Å²) in [6, 6.07) is 7.69. The molecule has 22 heavy (non-hydrogen) atoms. The van der Waals surface area contributed by atoms with Crippen molar-refractivity contribution in [3.05, 3.63) is 34.8 Å². The number of carbonyl (C=O) groups is 1. The number of benzene rings is 1. The van der Waals surface area contributed by atoms with Crippen molar-refractivity contribution in [1.82, 2.24) is 15.5 Å². The molecule has 0 saturated heterocycles. The minimum atomic E-state index is -0.266. The normalized spacial score (nSPS) is 19.4. The maximum Gasteiger partial charge on any atom is 0.321 e. The van der Waals surface area contributed by atoms with E-state index in [1.807, 2.05) is 18.2 Å². The SMILES string of the molecule is O=C(NC[C@@H]1Cc2ccccc2O1)Nc1nnc(C2CC2)s1. The third-order valence-electron chi connectivity index (χ3n) is 3.79. The molecule has 6 nitrogen and oxygen atoms in total. The Morgan fingerprint density at radius 2 is 2.18 bits per heavy atom. The third-order valence-corrected chi connectivity index (χ3v) is 4.79. The highest BCUT2D eigenvalue weighted by molar-refractivity contribution is 7.15. The van der Waals surface area contributed by atoms with Crippen LogP contribution in [0.3, 0.4) is 0 Å². The van der Waals surface area contributed by atoms with Gasteiger partial charge in [-0.05, 0) is 24.5 Å². The standard InChI is InChI=1S/C15H16N4O2S/c20-14(17-15-19-18-13(22-15)9-5-6-9)16-8-11-7-10-3-1-2-4-12(10)21-11/h1-4,9,11H,5-8H2,(H2,16,17,19,20)/t11-/m0/s1. The van der Waals surface area contributed by atoms with E-state index in [2.05, 4.69) is 26.9 Å². The summed E-state index contributed by atoms with van der Waals surface area (Å²) in [4.78, 5) is 11.9. The van der Waals surface area contributed by atoms with E-state index in [1.54, 1.807) is 0 Å². The highest BCUT2D eigenvalue weighted by Crippen LogP contribution is 2.42. The fourth-order valence-electron chi connectivity index (χ4n) is 2.50. The summed E-state index contributed by atoms with van der Waals surface area (Å²) in [5.74, 6) is 1.47. The topological polar surface area (TPSA) is 76.1 Å². The number of hydrogen-bond acceptors (Lipinski definition) is 5. The lowest BCUT2D eigenvalue weighted by molar-refractivity contribution is 0.219. The van der Waals surface area contributed by atoms with Gasteiger partial charge in [0.25, 0.3) is 0 Å². The Hall–Kier alpha value is -2.15. The Kier molecular flexibility index (Phi) is 3.42. The van der Waals surface area contributed by atoms with Crippen LogP contribution in [0.15, 0.2) is 24.3 Å². The summed E-state index contributed by atoms with van der Waals surface area (Å²) in [5.41, 5.74) is 1.19. The second-order valence-corrected chi connectivity index (χ2v) is 6.62. The largest absolute Gasteiger partial charge is 0.488 e. The maximum atomic E-state index is 11.9. The predicted octanol–water partition coefficient (Wildman–Crippen LogP) is 2.54. The molecule has 1 fully saturated rings. The first-order valence-corrected chi connectivity index (χ1v) is 8.22. The molecule has 1 atom stereocenters. The Morgan fingerprint density at radius 3 is 3.00 bits per heavy atom. The smallest absolute Gasteiger partial charge is 0.321 e. The first-order chi connectivity index (χ1) is 10.8. The quantitative estimate of drug-likeness (QED) is 0.909. The number of fused-ring (bicyclic) bond motifs is 1. The Morgan fingerprint density at radius 1 is 1.32 bits per heavy atom. The lowest BCUT2D eigenvalue weighted by atomic mass is 10.1. The highest BCUT2D eigenvalue weighted by atomic mass is 32.1. The van der Waals surface area contributed by atoms with Gasteiger partial charge in [0.15, 0.2) is 0 Å². The highest BCUT2D eigenvalue weighted by Gasteiger charge is 2.28. The number of carbonyl (C=O) groups excluding carboxylic acids is 1. The van der Waals surface area contributed by atoms with Crippen molar-refractivity contribution >= 4 is 22.5 Å². The van der Waals surface area contributed by atoms with Crippen molar-refractivity contribution in [2.75, 3.05) is 11.9 Å². The maximum absolute atomic E-state index is 11.9. The van der Waals surface area contributed by atoms with E-state index in [1.165, 1.54) is 29.7 Å². The molecule has 0 bridgehead atoms. The van der Waals surface area contributed by atoms with E-state index in [0.717, 1.165) is 17.2 Å². The molecule has 2 aliphatic rings. The number of anilines is 1. The van der Waals surface area contributed by atoms with E-state index >= 15 is 0 Å². The van der Waals surface area contributed by atoms with Crippen molar-refractivity contribution in [3.63, 3.8) is 0 Å². The number of para-hydroxylation sites is 1. The van der Waals surface area contributed by atoms with E-state index in [-0.39, 0.29) is 12.1 Å². The number of nitrogens with one attached hydrogen (secondary N) is 2. The number of rotatable bonds is 4. The molecule has 7 heteroatoms. The lowest BCUT2D eigenvalue weighted by Gasteiger charge is -2.11. The van der Waals surface area contributed by atoms with Crippen molar-refractivity contribution < 1.29 is 9.53 Å². The number of aromatic nitrogens is 2. The van der Waals surface area contributed by atoms with Gasteiger partial charge in [-0.15, -0.1) is 10.2 Å². The lowest BCUT2D eigenvalue weighted by Crippen LogP contribution is -2.37. The molecule has 1 aliphatic heterocycles. The molecule has 0 spiro atoms. The van der Waals surface area contributed by atoms with Crippen molar-refractivity contribution in [3.8, 4) is 5.75 Å². The zero-order valence-corrected chi connectivity index (χ0v) is 12.7. The van der Waals surface area contributed by atoms with Crippen LogP contribution in [0, 0.1) is 0 Å². The molecule has 0 unspecified atom stereocenters. The van der Waals surface area contributed by atoms with Crippen LogP contribution in [0.1, 0.15) is 29.3 Å². The molecule has 114 valence electrons. The summed E-state index contributed by atoms with van der Waals surface area (Å²) in [6.07, 6.45) is 3.17. The van der Waals surface area contributed by atoms with E-state index in [9.17, 15) is 4.79 Å². The average molecular weight is 316 g/mol. The summed E-state index contributed by atoms with van der Waals surface area (Å²) in [6.45, 7) is 0.467. The Bertz CT molecular complexity index is 673. The molecule has 0 radical (unpaired) electrons. The van der Waals surface area contributed by atoms with Crippen LogP contribution < -0.4 is 15.4 Å². The zero-order chi connectivity index (χ0) is 14.9. The van der Waals surface area contributed by atoms with Gasteiger partial charge in [-0.3, -0.25) is 5.32 Å². The van der Waals surface area contributed by atoms with Crippen LogP contribution in [0.4, 0.5) is 9.93 Å². The van der Waals surface area contributed by atoms with Crippen LogP contribution in [0.25, 0.3) is 0 Å². The minimum absolute atomic E-state index is 0.0143. The van der Waals surface area contributed by atoms with E-state index < -0.39 is 0 Å². The van der Waals surface area contributed by atoms with Crippen LogP contribution >= 0.6 is 11.3 Å². The van der Waals surface area contributed by atoms with Crippen LogP contribution in [-0.2, 0) is 6.42 Å². The molecule has 1 aromatic carbocycles. The average Bonchev–Trinajstić information content (AvgIpc) is 3.12. The van der Waals surface area contributed by atoms with Crippen LogP contribution in [0.5, 0.6) is 5.75 Å². The van der Waals surface area contributed by atoms with Crippen LogP contribution in [0.2, 0.25) is 0 Å². The number of urea groups is 1. The van der Waals surface area contributed by atoms with Gasteiger partial charge < -0.3 is 10.1 Å². The van der Waals surface area contributed by atoms with E-state index in [0.29, 0.717) is 17.6 Å². The number of hydrogen-bond donors (Lipinski definition) is 2. The zero-order valence-electron chi connectivity index (χ0n) is 11.9. The summed E-state index contributed by atoms with van der Waals surface area (Å²) >= 11 is 1.45. The van der Waals surface area contributed by atoms with Crippen LogP contribution in [-0.4, -0.2) is 28.9 Å². The molecule has 1 saturated carbocycles. The van der Waals surface area contributed by atoms with E-state index in [4.69, 9.17) is 4.74 Å². The molecule has 2 amide bonds. The van der Waals surface area contributed by atoms with Gasteiger partial charge in [0.1, 0.15) is 16.9 Å². The minimum Gasteiger partial charge on any atom is -0.488 e. The number of amides is 2. The molecular formula is C15H16N4O2S. The molecule has 1 aromatic heterocycles. The number of ether oxygens (including phenoxy) is 1. The van der Waals surface area contributed by atoms with Gasteiger partial charge in [0, 0.05) is 12.3 Å². The second kappa shape index (κ2) is 5.57. The fraction of sp³-hybridized carbons (Fsp3) is 0.400. The van der Waals surface area contributed by atoms with Crippen molar-refractivity contribution in [1.29, 1.82) is 0 Å². The van der Waals surface area contributed by atoms with Gasteiger partial charge in [-0.1, -0.05) is 29.5 Å². The van der Waals surface area contributed by atoms with Gasteiger partial charge in [0.2, 0.25) is 5.13 Å². The van der Waals surface area contributed by atoms with Gasteiger partial charge in [0.05, 0.1) is 6.54 Å². The first kappa shape index (κ1) is 13.5. The molecule has 2 N–H and O–H groups in total. The molecule has 2 heterocycles. The van der Waals surface area contributed by atoms with Crippen molar-refractivity contribution in [2.24, 2.45) is 0 Å². The molecule has 4 rings (SSSR count). The predicted molar refractivity (Wildman–Crippen MR) is 83.5 cm³/mol. The fourth-order valence-corrected chi connectivity index (χ4v) is 3.40. The summed E-state index contributed by atoms with van der Waals surface area (Å²) in [5, 5.41) is 15.2. The first-order valence-electron chi connectivity index (χ1n) is 7.41. The molecule has 2 aromatic rings. The Labute approximate surface area is 131 Å². The third kappa shape index (κ3) is 2.89. The monoisotopic (exact) mass is 316 g/mol. The Balaban J connectivity index is 1.26. The number of nitrogens with zero attached hydrogens (tertiary/aromatic N) is 2. The van der Waals surface area contributed by atoms with Gasteiger partial charge >= 0.3 is 6.03 Å². The summed E-state index contributed by atoms with van der Waals surface area (Å²) in [7, 11) is 0. The summed E-state index contributed by atoms with van der Waals surface area (Å²) < 4.78 is 5.78. The second-order valence-electron chi connectivity index (χ2n) is 5.61. The molecular weight excluding hydrogens is 300 g/mol. The van der Waals surface area contributed by atoms with Gasteiger partial charge in [-0.25, -0.2) is 4.79 Å².